The zero-order valence-corrected chi connectivity index (χ0v) is 14.8. The topological polar surface area (TPSA) is 75.7 Å². The number of benzene rings is 2. The van der Waals surface area contributed by atoms with Gasteiger partial charge in [-0.1, -0.05) is 41.4 Å². The Hall–Kier alpha value is -3.12. The molecule has 26 heavy (non-hydrogen) atoms. The summed E-state index contributed by atoms with van der Waals surface area (Å²) in [5.74, 6) is -2.00. The molecule has 0 fully saturated rings. The van der Waals surface area contributed by atoms with E-state index in [1.165, 1.54) is 19.2 Å². The van der Waals surface area contributed by atoms with Crippen LogP contribution in [0.5, 0.6) is 0 Å². The van der Waals surface area contributed by atoms with Crippen molar-refractivity contribution in [1.29, 1.82) is 0 Å². The number of nitrogens with one attached hydrogen (secondary N) is 1. The molecule has 0 unspecified atom stereocenters. The summed E-state index contributed by atoms with van der Waals surface area (Å²) in [4.78, 5) is 38.2. The number of carbonyl (C=O) groups excluding carboxylic acids is 3. The fourth-order valence-electron chi connectivity index (χ4n) is 2.56. The number of esters is 1. The number of hydrogen-bond acceptors (Lipinski definition) is 5. The lowest BCUT2D eigenvalue weighted by atomic mass is 10.1. The first-order valence-corrected chi connectivity index (χ1v) is 8.11. The van der Waals surface area contributed by atoms with E-state index in [9.17, 15) is 14.4 Å². The van der Waals surface area contributed by atoms with Gasteiger partial charge in [0.25, 0.3) is 11.8 Å². The van der Waals surface area contributed by atoms with Crippen LogP contribution in [0.3, 0.4) is 0 Å². The lowest BCUT2D eigenvalue weighted by Crippen LogP contribution is -2.33. The van der Waals surface area contributed by atoms with Crippen LogP contribution < -0.4 is 10.2 Å². The molecule has 1 aliphatic heterocycles. The summed E-state index contributed by atoms with van der Waals surface area (Å²) < 4.78 is 4.72. The van der Waals surface area contributed by atoms with Crippen molar-refractivity contribution < 1.29 is 19.1 Å². The molecule has 2 aromatic rings. The van der Waals surface area contributed by atoms with E-state index in [0.29, 0.717) is 5.69 Å². The molecule has 0 saturated carbocycles. The predicted octanol–water partition coefficient (Wildman–Crippen LogP) is 3.22. The molecular weight excluding hydrogens is 356 g/mol. The highest BCUT2D eigenvalue weighted by Crippen LogP contribution is 2.32. The number of carbonyl (C=O) groups is 3. The Kier molecular flexibility index (Phi) is 4.77. The summed E-state index contributed by atoms with van der Waals surface area (Å²) in [6, 6.07) is 13.5. The third-order valence-electron chi connectivity index (χ3n) is 3.90. The number of hydrogen-bond donors (Lipinski definition) is 1. The molecule has 1 N–H and O–H groups in total. The first kappa shape index (κ1) is 17.7. The molecule has 7 heteroatoms. The summed E-state index contributed by atoms with van der Waals surface area (Å²) in [6.45, 7) is 1.94. The first-order valence-electron chi connectivity index (χ1n) is 7.73. The van der Waals surface area contributed by atoms with Crippen molar-refractivity contribution in [3.63, 3.8) is 0 Å². The molecule has 1 heterocycles. The minimum Gasteiger partial charge on any atom is -0.465 e. The van der Waals surface area contributed by atoms with Crippen molar-refractivity contribution in [2.45, 2.75) is 6.92 Å². The van der Waals surface area contributed by atoms with Crippen molar-refractivity contribution in [2.24, 2.45) is 0 Å². The zero-order chi connectivity index (χ0) is 18.8. The molecule has 2 aromatic carbocycles. The van der Waals surface area contributed by atoms with Gasteiger partial charge in [0, 0.05) is 5.69 Å². The summed E-state index contributed by atoms with van der Waals surface area (Å²) >= 11 is 6.10. The second kappa shape index (κ2) is 7.01. The van der Waals surface area contributed by atoms with Crippen molar-refractivity contribution in [1.82, 2.24) is 0 Å². The van der Waals surface area contributed by atoms with Gasteiger partial charge in [0.1, 0.15) is 10.7 Å². The third-order valence-corrected chi connectivity index (χ3v) is 4.25. The van der Waals surface area contributed by atoms with Gasteiger partial charge in [-0.15, -0.1) is 0 Å². The Labute approximate surface area is 155 Å². The van der Waals surface area contributed by atoms with Gasteiger partial charge in [-0.05, 0) is 31.2 Å². The van der Waals surface area contributed by atoms with Gasteiger partial charge >= 0.3 is 5.97 Å². The van der Waals surface area contributed by atoms with E-state index in [4.69, 9.17) is 16.3 Å². The molecule has 1 aliphatic rings. The lowest BCUT2D eigenvalue weighted by Gasteiger charge is -2.17. The van der Waals surface area contributed by atoms with Gasteiger partial charge in [-0.2, -0.15) is 0 Å². The van der Waals surface area contributed by atoms with Crippen LogP contribution in [0.4, 0.5) is 11.4 Å². The van der Waals surface area contributed by atoms with Crippen molar-refractivity contribution >= 4 is 40.8 Å². The number of ether oxygens (including phenoxy) is 1. The Bertz CT molecular complexity index is 935. The van der Waals surface area contributed by atoms with E-state index in [1.54, 1.807) is 24.3 Å². The summed E-state index contributed by atoms with van der Waals surface area (Å²) in [6.07, 6.45) is 0. The van der Waals surface area contributed by atoms with E-state index in [-0.39, 0.29) is 22.0 Å². The maximum Gasteiger partial charge on any atom is 0.339 e. The average Bonchev–Trinajstić information content (AvgIpc) is 2.86. The van der Waals surface area contributed by atoms with Crippen LogP contribution in [0.15, 0.2) is 59.3 Å². The number of anilines is 2. The van der Waals surface area contributed by atoms with E-state index >= 15 is 0 Å². The van der Waals surface area contributed by atoms with Gasteiger partial charge in [0.15, 0.2) is 0 Å². The number of imide groups is 1. The fraction of sp³-hybridized carbons (Fsp3) is 0.105. The minimum absolute atomic E-state index is 0.0415. The van der Waals surface area contributed by atoms with E-state index in [1.807, 2.05) is 19.1 Å². The highest BCUT2D eigenvalue weighted by atomic mass is 35.5. The van der Waals surface area contributed by atoms with Crippen LogP contribution in [0, 0.1) is 6.92 Å². The Morgan fingerprint density at radius 2 is 1.69 bits per heavy atom. The van der Waals surface area contributed by atoms with Gasteiger partial charge in [-0.25, -0.2) is 9.69 Å². The van der Waals surface area contributed by atoms with Crippen LogP contribution in [-0.4, -0.2) is 24.9 Å². The van der Waals surface area contributed by atoms with Crippen LogP contribution >= 0.6 is 11.6 Å². The smallest absolute Gasteiger partial charge is 0.339 e. The maximum atomic E-state index is 12.8. The molecule has 3 rings (SSSR count). The molecule has 2 amide bonds. The molecule has 6 nitrogen and oxygen atoms in total. The predicted molar refractivity (Wildman–Crippen MR) is 98.0 cm³/mol. The van der Waals surface area contributed by atoms with Gasteiger partial charge in [0.2, 0.25) is 0 Å². The molecule has 132 valence electrons. The molecule has 0 radical (unpaired) electrons. The highest BCUT2D eigenvalue weighted by Gasteiger charge is 2.40. The zero-order valence-electron chi connectivity index (χ0n) is 14.1. The quantitative estimate of drug-likeness (QED) is 0.660. The molecule has 0 bridgehead atoms. The summed E-state index contributed by atoms with van der Waals surface area (Å²) in [5.41, 5.74) is 1.84. The largest absolute Gasteiger partial charge is 0.465 e. The second-order valence-electron chi connectivity index (χ2n) is 5.63. The van der Waals surface area contributed by atoms with Crippen molar-refractivity contribution in [3.05, 3.63) is 70.4 Å². The number of para-hydroxylation sites is 1. The van der Waals surface area contributed by atoms with E-state index < -0.39 is 17.8 Å². The lowest BCUT2D eigenvalue weighted by molar-refractivity contribution is -0.120. The number of methoxy groups -OCH3 is 1. The first-order chi connectivity index (χ1) is 12.4. The molecule has 0 saturated heterocycles. The molecule has 0 aliphatic carbocycles. The van der Waals surface area contributed by atoms with E-state index in [0.717, 1.165) is 10.5 Å². The maximum absolute atomic E-state index is 12.8. The fourth-order valence-corrected chi connectivity index (χ4v) is 2.78. The third kappa shape index (κ3) is 3.07. The summed E-state index contributed by atoms with van der Waals surface area (Å²) in [5, 5.41) is 2.64. The SMILES string of the molecule is COC(=O)c1ccccc1N1C(=O)C(Cl)=C(Nc2ccc(C)cc2)C1=O. The number of nitrogens with zero attached hydrogens (tertiary/aromatic N) is 1. The van der Waals surface area contributed by atoms with Crippen LogP contribution in [0.2, 0.25) is 0 Å². The molecule has 0 spiro atoms. The number of rotatable bonds is 4. The van der Waals surface area contributed by atoms with Crippen LogP contribution in [-0.2, 0) is 14.3 Å². The van der Waals surface area contributed by atoms with Crippen LogP contribution in [0.1, 0.15) is 15.9 Å². The Balaban J connectivity index is 1.96. The standard InChI is InChI=1S/C19H15ClN2O4/c1-11-7-9-12(10-8-11)21-16-15(20)17(23)22(18(16)24)14-6-4-3-5-13(14)19(25)26-2/h3-10,21H,1-2H3. The minimum atomic E-state index is -0.706. The van der Waals surface area contributed by atoms with E-state index in [2.05, 4.69) is 5.32 Å². The van der Waals surface area contributed by atoms with Crippen molar-refractivity contribution in [3.8, 4) is 0 Å². The summed E-state index contributed by atoms with van der Waals surface area (Å²) in [7, 11) is 1.22. The van der Waals surface area contributed by atoms with Gasteiger partial charge < -0.3 is 10.1 Å². The number of aryl methyl sites for hydroxylation is 1. The Morgan fingerprint density at radius 1 is 1.04 bits per heavy atom. The molecule has 0 aromatic heterocycles. The molecular formula is C19H15ClN2O4. The Morgan fingerprint density at radius 3 is 2.35 bits per heavy atom. The monoisotopic (exact) mass is 370 g/mol. The number of halogens is 1. The number of amides is 2. The normalized spacial score (nSPS) is 14.0. The average molecular weight is 371 g/mol. The highest BCUT2D eigenvalue weighted by molar-refractivity contribution is 6.53. The van der Waals surface area contributed by atoms with Crippen LogP contribution in [0.25, 0.3) is 0 Å². The van der Waals surface area contributed by atoms with Gasteiger partial charge in [-0.3, -0.25) is 9.59 Å². The molecule has 0 atom stereocenters. The van der Waals surface area contributed by atoms with Gasteiger partial charge in [0.05, 0.1) is 18.4 Å². The van der Waals surface area contributed by atoms with Crippen molar-refractivity contribution in [2.75, 3.05) is 17.3 Å². The second-order valence-corrected chi connectivity index (χ2v) is 6.01.